The lowest BCUT2D eigenvalue weighted by Gasteiger charge is -2.13. The minimum Gasteiger partial charge on any atom is -0.506 e. The number of benzene rings is 2. The van der Waals surface area contributed by atoms with Crippen LogP contribution >= 0.6 is 0 Å². The molecule has 0 saturated carbocycles. The normalized spacial score (nSPS) is 12.2. The third kappa shape index (κ3) is 6.79. The molecule has 0 radical (unpaired) electrons. The van der Waals surface area contributed by atoms with E-state index in [-0.39, 0.29) is 11.3 Å². The largest absolute Gasteiger partial charge is 0.506 e. The number of hydrogen-bond acceptors (Lipinski definition) is 7. The van der Waals surface area contributed by atoms with E-state index in [0.717, 1.165) is 6.26 Å². The van der Waals surface area contributed by atoms with E-state index in [1.165, 1.54) is 12.1 Å². The molecule has 9 heteroatoms. The number of phenols is 1. The van der Waals surface area contributed by atoms with Crippen LogP contribution in [0.2, 0.25) is 0 Å². The van der Waals surface area contributed by atoms with Crippen LogP contribution in [0.3, 0.4) is 0 Å². The maximum atomic E-state index is 11.2. The average molecular weight is 391 g/mol. The number of phenolic OH excluding ortho intramolecular Hbond substituents is 1. The number of nitriles is 1. The fourth-order valence-corrected chi connectivity index (χ4v) is 2.85. The molecular weight excluding hydrogens is 370 g/mol. The van der Waals surface area contributed by atoms with E-state index in [1.54, 1.807) is 30.3 Å². The summed E-state index contributed by atoms with van der Waals surface area (Å²) in [5.74, 6) is 0.315. The van der Waals surface area contributed by atoms with Crippen LogP contribution in [0.1, 0.15) is 17.2 Å². The smallest absolute Gasteiger partial charge is 0.229 e. The van der Waals surface area contributed by atoms with Crippen molar-refractivity contribution < 1.29 is 23.4 Å². The molecule has 0 aliphatic heterocycles. The van der Waals surface area contributed by atoms with Crippen molar-refractivity contribution in [3.8, 4) is 17.6 Å². The second kappa shape index (κ2) is 9.23. The Labute approximate surface area is 158 Å². The van der Waals surface area contributed by atoms with Crippen molar-refractivity contribution in [1.82, 2.24) is 5.32 Å². The summed E-state index contributed by atoms with van der Waals surface area (Å²) in [6, 6.07) is 12.8. The van der Waals surface area contributed by atoms with Crippen molar-refractivity contribution in [3.05, 3.63) is 53.6 Å². The molecule has 0 amide bonds. The number of aliphatic hydroxyl groups is 1. The molecule has 2 aromatic rings. The first-order valence-corrected chi connectivity index (χ1v) is 10.00. The molecule has 0 bridgehead atoms. The van der Waals surface area contributed by atoms with Crippen LogP contribution in [-0.4, -0.2) is 44.6 Å². The zero-order valence-corrected chi connectivity index (χ0v) is 15.5. The molecule has 8 nitrogen and oxygen atoms in total. The highest BCUT2D eigenvalue weighted by atomic mass is 32.2. The van der Waals surface area contributed by atoms with Crippen molar-refractivity contribution in [2.75, 3.05) is 30.7 Å². The maximum absolute atomic E-state index is 11.2. The number of aromatic hydroxyl groups is 1. The predicted octanol–water partition coefficient (Wildman–Crippen LogP) is 1.34. The van der Waals surface area contributed by atoms with Gasteiger partial charge in [0.1, 0.15) is 24.2 Å². The fourth-order valence-electron chi connectivity index (χ4n) is 2.28. The van der Waals surface area contributed by atoms with Gasteiger partial charge in [-0.1, -0.05) is 12.1 Å². The standard InChI is InChI=1S/C18H21N3O5S/c1-27(24,25)21-15-5-2-13(3-6-15)18(23)12-20-8-9-26-16-7-4-14(11-19)17(22)10-16/h2-7,10,18,20-23H,8-9,12H2,1H3. The second-order valence-electron chi connectivity index (χ2n) is 5.86. The highest BCUT2D eigenvalue weighted by Crippen LogP contribution is 2.22. The molecule has 0 heterocycles. The lowest BCUT2D eigenvalue weighted by Crippen LogP contribution is -2.26. The fraction of sp³-hybridized carbons (Fsp3) is 0.278. The van der Waals surface area contributed by atoms with E-state index in [1.807, 2.05) is 6.07 Å². The van der Waals surface area contributed by atoms with Gasteiger partial charge in [-0.25, -0.2) is 8.42 Å². The van der Waals surface area contributed by atoms with Crippen molar-refractivity contribution in [2.24, 2.45) is 0 Å². The van der Waals surface area contributed by atoms with Gasteiger partial charge in [0.2, 0.25) is 10.0 Å². The Kier molecular flexibility index (Phi) is 7.01. The Morgan fingerprint density at radius 1 is 1.22 bits per heavy atom. The summed E-state index contributed by atoms with van der Waals surface area (Å²) in [6.07, 6.45) is 0.317. The van der Waals surface area contributed by atoms with Gasteiger partial charge in [0.25, 0.3) is 0 Å². The minimum absolute atomic E-state index is 0.132. The molecule has 0 saturated heterocycles. The number of sulfonamides is 1. The third-order valence-electron chi connectivity index (χ3n) is 3.57. The number of ether oxygens (including phenoxy) is 1. The molecule has 1 unspecified atom stereocenters. The zero-order chi connectivity index (χ0) is 19.9. The van der Waals surface area contributed by atoms with E-state index in [4.69, 9.17) is 10.00 Å². The molecule has 0 fully saturated rings. The number of nitrogens with one attached hydrogen (secondary N) is 2. The van der Waals surface area contributed by atoms with Crippen LogP contribution in [0.25, 0.3) is 0 Å². The van der Waals surface area contributed by atoms with Gasteiger partial charge in [-0.2, -0.15) is 5.26 Å². The molecule has 4 N–H and O–H groups in total. The molecule has 0 aromatic heterocycles. The van der Waals surface area contributed by atoms with Gasteiger partial charge in [0.05, 0.1) is 17.9 Å². The Balaban J connectivity index is 1.73. The van der Waals surface area contributed by atoms with E-state index in [2.05, 4.69) is 10.0 Å². The van der Waals surface area contributed by atoms with Crippen LogP contribution in [0.15, 0.2) is 42.5 Å². The zero-order valence-electron chi connectivity index (χ0n) is 14.7. The van der Waals surface area contributed by atoms with Crippen molar-refractivity contribution in [2.45, 2.75) is 6.10 Å². The van der Waals surface area contributed by atoms with Gasteiger partial charge in [-0.15, -0.1) is 0 Å². The first-order chi connectivity index (χ1) is 12.8. The van der Waals surface area contributed by atoms with Gasteiger partial charge in [-0.3, -0.25) is 4.72 Å². The Morgan fingerprint density at radius 2 is 1.93 bits per heavy atom. The monoisotopic (exact) mass is 391 g/mol. The molecule has 2 aromatic carbocycles. The SMILES string of the molecule is CS(=O)(=O)Nc1ccc(C(O)CNCCOc2ccc(C#N)c(O)c2)cc1. The van der Waals surface area contributed by atoms with E-state index in [0.29, 0.717) is 36.7 Å². The number of nitrogens with zero attached hydrogens (tertiary/aromatic N) is 1. The van der Waals surface area contributed by atoms with Crippen LogP contribution in [0.5, 0.6) is 11.5 Å². The van der Waals surface area contributed by atoms with E-state index >= 15 is 0 Å². The number of aliphatic hydroxyl groups excluding tert-OH is 1. The van der Waals surface area contributed by atoms with Crippen LogP contribution < -0.4 is 14.8 Å². The third-order valence-corrected chi connectivity index (χ3v) is 4.18. The number of anilines is 1. The molecule has 0 aliphatic rings. The van der Waals surface area contributed by atoms with Gasteiger partial charge >= 0.3 is 0 Å². The first-order valence-electron chi connectivity index (χ1n) is 8.11. The number of rotatable bonds is 9. The maximum Gasteiger partial charge on any atom is 0.229 e. The van der Waals surface area contributed by atoms with Crippen LogP contribution in [-0.2, 0) is 10.0 Å². The lowest BCUT2D eigenvalue weighted by molar-refractivity contribution is 0.172. The van der Waals surface area contributed by atoms with Gasteiger partial charge in [0.15, 0.2) is 0 Å². The highest BCUT2D eigenvalue weighted by molar-refractivity contribution is 7.92. The highest BCUT2D eigenvalue weighted by Gasteiger charge is 2.08. The van der Waals surface area contributed by atoms with Crippen LogP contribution in [0, 0.1) is 11.3 Å². The van der Waals surface area contributed by atoms with Gasteiger partial charge in [0, 0.05) is 24.8 Å². The number of hydrogen-bond donors (Lipinski definition) is 4. The Morgan fingerprint density at radius 3 is 2.52 bits per heavy atom. The minimum atomic E-state index is -3.33. The molecule has 0 aliphatic carbocycles. The molecule has 2 rings (SSSR count). The summed E-state index contributed by atoms with van der Waals surface area (Å²) in [7, 11) is -3.33. The second-order valence-corrected chi connectivity index (χ2v) is 7.60. The average Bonchev–Trinajstić information content (AvgIpc) is 2.60. The molecular formula is C18H21N3O5S. The topological polar surface area (TPSA) is 132 Å². The van der Waals surface area contributed by atoms with Crippen molar-refractivity contribution in [1.29, 1.82) is 5.26 Å². The summed E-state index contributed by atoms with van der Waals surface area (Å²) in [5.41, 5.74) is 1.27. The molecule has 0 spiro atoms. The summed E-state index contributed by atoms with van der Waals surface area (Å²) >= 11 is 0. The Bertz CT molecular complexity index is 908. The Hall–Kier alpha value is -2.80. The summed E-state index contributed by atoms with van der Waals surface area (Å²) < 4.78 is 30.1. The predicted molar refractivity (Wildman–Crippen MR) is 101 cm³/mol. The van der Waals surface area contributed by atoms with Crippen molar-refractivity contribution in [3.63, 3.8) is 0 Å². The first kappa shape index (κ1) is 20.5. The van der Waals surface area contributed by atoms with E-state index < -0.39 is 16.1 Å². The molecule has 1 atom stereocenters. The lowest BCUT2D eigenvalue weighted by atomic mass is 10.1. The van der Waals surface area contributed by atoms with Crippen LogP contribution in [0.4, 0.5) is 5.69 Å². The van der Waals surface area contributed by atoms with Gasteiger partial charge < -0.3 is 20.3 Å². The van der Waals surface area contributed by atoms with Crippen molar-refractivity contribution >= 4 is 15.7 Å². The quantitative estimate of drug-likeness (QED) is 0.474. The van der Waals surface area contributed by atoms with E-state index in [9.17, 15) is 18.6 Å². The van der Waals surface area contributed by atoms with Gasteiger partial charge in [-0.05, 0) is 29.8 Å². The summed E-state index contributed by atoms with van der Waals surface area (Å²) in [6.45, 7) is 1.07. The summed E-state index contributed by atoms with van der Waals surface area (Å²) in [5, 5.41) is 31.5. The summed E-state index contributed by atoms with van der Waals surface area (Å²) in [4.78, 5) is 0. The molecule has 27 heavy (non-hydrogen) atoms. The molecule has 144 valence electrons.